The quantitative estimate of drug-likeness (QED) is 0.811. The van der Waals surface area contributed by atoms with Crippen molar-refractivity contribution in [1.29, 1.82) is 0 Å². The molecule has 0 saturated carbocycles. The smallest absolute Gasteiger partial charge is 0.271 e. The fourth-order valence-electron chi connectivity index (χ4n) is 1.58. The number of benzene rings is 1. The van der Waals surface area contributed by atoms with Gasteiger partial charge in [-0.3, -0.25) is 4.79 Å². The van der Waals surface area contributed by atoms with E-state index in [4.69, 9.17) is 11.5 Å². The molecule has 0 aliphatic rings. The Bertz CT molecular complexity index is 591. The minimum Gasteiger partial charge on any atom is -0.396 e. The zero-order chi connectivity index (χ0) is 12.6. The Morgan fingerprint density at radius 1 is 1.47 bits per heavy atom. The molecule has 0 saturated heterocycles. The molecule has 6 heteroatoms. The van der Waals surface area contributed by atoms with Crippen LogP contribution >= 0.6 is 22.6 Å². The zero-order valence-electron chi connectivity index (χ0n) is 9.14. The fraction of sp³-hybridized carbons (Fsp3) is 0.0909. The topological polar surface area (TPSA) is 86.9 Å². The molecule has 0 bridgehead atoms. The van der Waals surface area contributed by atoms with E-state index in [9.17, 15) is 4.79 Å². The van der Waals surface area contributed by atoms with Gasteiger partial charge in [0.05, 0.1) is 17.6 Å². The van der Waals surface area contributed by atoms with Crippen molar-refractivity contribution >= 4 is 34.2 Å². The van der Waals surface area contributed by atoms with Crippen LogP contribution in [0.4, 0.5) is 5.69 Å². The lowest BCUT2D eigenvalue weighted by molar-refractivity contribution is 0.0996. The standard InChI is InChI=1S/C11H11IN4O/c1-6-4-7(12)2-3-9(6)16-5-8(13)10(15-16)11(14)17/h2-5H,13H2,1H3,(H2,14,17). The SMILES string of the molecule is Cc1cc(I)ccc1-n1cc(N)c(C(N)=O)n1. The van der Waals surface area contributed by atoms with Gasteiger partial charge in [0.25, 0.3) is 5.91 Å². The van der Waals surface area contributed by atoms with Crippen LogP contribution in [0.3, 0.4) is 0 Å². The number of hydrogen-bond acceptors (Lipinski definition) is 3. The van der Waals surface area contributed by atoms with Crippen molar-refractivity contribution in [2.75, 3.05) is 5.73 Å². The van der Waals surface area contributed by atoms with Crippen LogP contribution in [-0.4, -0.2) is 15.7 Å². The van der Waals surface area contributed by atoms with Gasteiger partial charge in [0.15, 0.2) is 5.69 Å². The van der Waals surface area contributed by atoms with Gasteiger partial charge in [0, 0.05) is 3.57 Å². The lowest BCUT2D eigenvalue weighted by atomic mass is 10.2. The Morgan fingerprint density at radius 2 is 2.18 bits per heavy atom. The molecule has 0 atom stereocenters. The molecule has 0 aliphatic carbocycles. The van der Waals surface area contributed by atoms with Crippen LogP contribution in [-0.2, 0) is 0 Å². The number of aromatic nitrogens is 2. The minimum absolute atomic E-state index is 0.1000. The third-order valence-electron chi connectivity index (χ3n) is 2.38. The number of rotatable bonds is 2. The first-order valence-corrected chi connectivity index (χ1v) is 5.98. The summed E-state index contributed by atoms with van der Waals surface area (Å²) in [5.41, 5.74) is 13.2. The normalized spacial score (nSPS) is 10.5. The Morgan fingerprint density at radius 3 is 2.71 bits per heavy atom. The molecule has 4 N–H and O–H groups in total. The Kier molecular flexibility index (Phi) is 3.05. The molecule has 2 aromatic rings. The van der Waals surface area contributed by atoms with Crippen molar-refractivity contribution < 1.29 is 4.79 Å². The first kappa shape index (κ1) is 11.9. The van der Waals surface area contributed by atoms with Crippen LogP contribution in [0.5, 0.6) is 0 Å². The number of amides is 1. The molecule has 1 heterocycles. The van der Waals surface area contributed by atoms with E-state index in [2.05, 4.69) is 27.7 Å². The fourth-order valence-corrected chi connectivity index (χ4v) is 2.23. The van der Waals surface area contributed by atoms with Crippen molar-refractivity contribution in [3.8, 4) is 5.69 Å². The highest BCUT2D eigenvalue weighted by atomic mass is 127. The monoisotopic (exact) mass is 342 g/mol. The second kappa shape index (κ2) is 4.36. The number of carbonyl (C=O) groups is 1. The van der Waals surface area contributed by atoms with Crippen molar-refractivity contribution in [2.24, 2.45) is 5.73 Å². The van der Waals surface area contributed by atoms with Gasteiger partial charge >= 0.3 is 0 Å². The average Bonchev–Trinajstić information content (AvgIpc) is 2.60. The van der Waals surface area contributed by atoms with Crippen LogP contribution in [0.15, 0.2) is 24.4 Å². The summed E-state index contributed by atoms with van der Waals surface area (Å²) in [6.07, 6.45) is 1.59. The molecule has 0 fully saturated rings. The van der Waals surface area contributed by atoms with E-state index in [0.29, 0.717) is 0 Å². The summed E-state index contributed by atoms with van der Waals surface area (Å²) in [5, 5.41) is 4.08. The number of nitrogens with zero attached hydrogens (tertiary/aromatic N) is 2. The predicted molar refractivity (Wildman–Crippen MR) is 73.9 cm³/mol. The molecular weight excluding hydrogens is 331 g/mol. The summed E-state index contributed by atoms with van der Waals surface area (Å²) in [6, 6.07) is 5.91. The molecular formula is C11H11IN4O. The van der Waals surface area contributed by atoms with E-state index in [1.165, 1.54) is 0 Å². The highest BCUT2D eigenvalue weighted by molar-refractivity contribution is 14.1. The van der Waals surface area contributed by atoms with Crippen molar-refractivity contribution in [3.05, 3.63) is 39.2 Å². The summed E-state index contributed by atoms with van der Waals surface area (Å²) in [6.45, 7) is 1.97. The molecule has 2 rings (SSSR count). The largest absolute Gasteiger partial charge is 0.396 e. The van der Waals surface area contributed by atoms with Crippen LogP contribution < -0.4 is 11.5 Å². The summed E-state index contributed by atoms with van der Waals surface area (Å²) in [4.78, 5) is 11.1. The Labute approximate surface area is 112 Å². The lowest BCUT2D eigenvalue weighted by Gasteiger charge is -2.05. The summed E-state index contributed by atoms with van der Waals surface area (Å²) >= 11 is 2.24. The van der Waals surface area contributed by atoms with Gasteiger partial charge < -0.3 is 11.5 Å². The van der Waals surface area contributed by atoms with E-state index in [-0.39, 0.29) is 11.4 Å². The number of nitrogens with two attached hydrogens (primary N) is 2. The second-order valence-corrected chi connectivity index (χ2v) is 4.92. The van der Waals surface area contributed by atoms with Crippen LogP contribution in [0.1, 0.15) is 16.1 Å². The average molecular weight is 342 g/mol. The molecule has 0 radical (unpaired) electrons. The van der Waals surface area contributed by atoms with E-state index >= 15 is 0 Å². The van der Waals surface area contributed by atoms with E-state index in [0.717, 1.165) is 14.8 Å². The molecule has 88 valence electrons. The van der Waals surface area contributed by atoms with Crippen LogP contribution in [0.2, 0.25) is 0 Å². The van der Waals surface area contributed by atoms with Gasteiger partial charge in [-0.15, -0.1) is 0 Å². The third kappa shape index (κ3) is 2.26. The van der Waals surface area contributed by atoms with Gasteiger partial charge in [0.2, 0.25) is 0 Å². The molecule has 0 spiro atoms. The number of nitrogen functional groups attached to an aromatic ring is 1. The maximum Gasteiger partial charge on any atom is 0.271 e. The summed E-state index contributed by atoms with van der Waals surface area (Å²) < 4.78 is 2.71. The molecule has 1 aromatic heterocycles. The van der Waals surface area contributed by atoms with E-state index in [1.54, 1.807) is 10.9 Å². The summed E-state index contributed by atoms with van der Waals surface area (Å²) in [7, 11) is 0. The lowest BCUT2D eigenvalue weighted by Crippen LogP contribution is -2.14. The number of primary amides is 1. The van der Waals surface area contributed by atoms with Crippen molar-refractivity contribution in [2.45, 2.75) is 6.92 Å². The van der Waals surface area contributed by atoms with Crippen LogP contribution in [0, 0.1) is 10.5 Å². The van der Waals surface area contributed by atoms with E-state index in [1.807, 2.05) is 25.1 Å². The molecule has 17 heavy (non-hydrogen) atoms. The Hall–Kier alpha value is -1.57. The van der Waals surface area contributed by atoms with Crippen molar-refractivity contribution in [1.82, 2.24) is 9.78 Å². The predicted octanol–water partition coefficient (Wildman–Crippen LogP) is 1.47. The van der Waals surface area contributed by atoms with Gasteiger partial charge in [-0.05, 0) is 53.3 Å². The number of anilines is 1. The molecule has 1 amide bonds. The van der Waals surface area contributed by atoms with E-state index < -0.39 is 5.91 Å². The van der Waals surface area contributed by atoms with Gasteiger partial charge in [-0.2, -0.15) is 5.10 Å². The first-order valence-electron chi connectivity index (χ1n) is 4.90. The van der Waals surface area contributed by atoms with Gasteiger partial charge in [-0.25, -0.2) is 4.68 Å². The highest BCUT2D eigenvalue weighted by Gasteiger charge is 2.13. The molecule has 1 aromatic carbocycles. The highest BCUT2D eigenvalue weighted by Crippen LogP contribution is 2.19. The Balaban J connectivity index is 2.53. The minimum atomic E-state index is -0.621. The number of halogens is 1. The van der Waals surface area contributed by atoms with Crippen LogP contribution in [0.25, 0.3) is 5.69 Å². The zero-order valence-corrected chi connectivity index (χ0v) is 11.3. The maximum atomic E-state index is 11.1. The first-order chi connectivity index (χ1) is 7.99. The molecule has 0 aliphatic heterocycles. The molecule has 0 unspecified atom stereocenters. The second-order valence-electron chi connectivity index (χ2n) is 3.67. The number of carbonyl (C=O) groups excluding carboxylic acids is 1. The van der Waals surface area contributed by atoms with Gasteiger partial charge in [-0.1, -0.05) is 0 Å². The number of hydrogen-bond donors (Lipinski definition) is 2. The van der Waals surface area contributed by atoms with Gasteiger partial charge in [0.1, 0.15) is 0 Å². The third-order valence-corrected chi connectivity index (χ3v) is 3.05. The molecule has 5 nitrogen and oxygen atoms in total. The maximum absolute atomic E-state index is 11.1. The van der Waals surface area contributed by atoms with Crippen molar-refractivity contribution in [3.63, 3.8) is 0 Å². The number of aryl methyl sites for hydroxylation is 1. The summed E-state index contributed by atoms with van der Waals surface area (Å²) in [5.74, 6) is -0.621.